The summed E-state index contributed by atoms with van der Waals surface area (Å²) in [7, 11) is 0. The van der Waals surface area contributed by atoms with E-state index in [-0.39, 0.29) is 0 Å². The average molecular weight is 594 g/mol. The zero-order valence-electron chi connectivity index (χ0n) is 15.1. The van der Waals surface area contributed by atoms with Crippen molar-refractivity contribution in [3.8, 4) is 0 Å². The van der Waals surface area contributed by atoms with Gasteiger partial charge in [-0.15, -0.1) is 0 Å². The second-order valence-corrected chi connectivity index (χ2v) is 5.75. The van der Waals surface area contributed by atoms with Crippen molar-refractivity contribution >= 4 is 0 Å². The van der Waals surface area contributed by atoms with Crippen molar-refractivity contribution < 1.29 is 106 Å². The fourth-order valence-electron chi connectivity index (χ4n) is 1.58. The topological polar surface area (TPSA) is 18.5 Å². The van der Waals surface area contributed by atoms with Gasteiger partial charge in [0.05, 0.1) is 0 Å². The van der Waals surface area contributed by atoms with Crippen molar-refractivity contribution in [3.05, 3.63) is 24.2 Å². The molecule has 2 nitrogen and oxygen atoms in total. The van der Waals surface area contributed by atoms with Crippen LogP contribution < -0.4 is 0 Å². The van der Waals surface area contributed by atoms with Crippen molar-refractivity contribution in [2.75, 3.05) is 0 Å². The molecule has 24 heteroatoms. The average Bonchev–Trinajstić information content (AvgIpc) is 2.65. The molecular weight excluding hydrogens is 594 g/mol. The Bertz CT molecular complexity index is 803. The maximum Gasteiger partial charge on any atom is 0.472 e. The lowest BCUT2D eigenvalue weighted by Gasteiger charge is -2.42. The molecule has 0 aromatic rings. The van der Waals surface area contributed by atoms with Crippen molar-refractivity contribution in [3.63, 3.8) is 0 Å². The van der Waals surface area contributed by atoms with Gasteiger partial charge in [-0.05, 0) is 0 Å². The van der Waals surface area contributed by atoms with Gasteiger partial charge in [0.1, 0.15) is 0 Å². The molecule has 0 bridgehead atoms. The minimum absolute atomic E-state index is 1.56. The predicted molar refractivity (Wildman–Crippen MR) is 62.4 cm³/mol. The highest BCUT2D eigenvalue weighted by Gasteiger charge is 2.96. The van der Waals surface area contributed by atoms with E-state index in [9.17, 15) is 96.6 Å². The highest BCUT2D eigenvalue weighted by Crippen LogP contribution is 2.64. The molecule has 214 valence electrons. The van der Waals surface area contributed by atoms with E-state index in [1.54, 1.807) is 9.47 Å². The zero-order chi connectivity index (χ0) is 29.7. The molecule has 0 atom stereocenters. The van der Waals surface area contributed by atoms with Crippen molar-refractivity contribution in [2.24, 2.45) is 0 Å². The summed E-state index contributed by atoms with van der Waals surface area (Å²) in [5.41, 5.74) is 0. The Morgan fingerprint density at radius 1 is 0.306 bits per heavy atom. The second kappa shape index (κ2) is 9.13. The normalized spacial score (nSPS) is 14.9. The summed E-state index contributed by atoms with van der Waals surface area (Å²) >= 11 is 0. The highest BCUT2D eigenvalue weighted by atomic mass is 19.4. The number of ether oxygens (including phenoxy) is 2. The van der Waals surface area contributed by atoms with Crippen molar-refractivity contribution in [1.29, 1.82) is 0 Å². The minimum Gasteiger partial charge on any atom is -0.397 e. The largest absolute Gasteiger partial charge is 0.472 e. The zero-order valence-corrected chi connectivity index (χ0v) is 15.1. The Labute approximate surface area is 179 Å². The van der Waals surface area contributed by atoms with E-state index in [2.05, 4.69) is 0 Å². The van der Waals surface area contributed by atoms with Crippen LogP contribution in [0.5, 0.6) is 0 Å². The van der Waals surface area contributed by atoms with Crippen LogP contribution in [0.4, 0.5) is 96.6 Å². The van der Waals surface area contributed by atoms with E-state index >= 15 is 0 Å². The lowest BCUT2D eigenvalue weighted by molar-refractivity contribution is -0.482. The molecule has 36 heavy (non-hydrogen) atoms. The van der Waals surface area contributed by atoms with Gasteiger partial charge >= 0.3 is 71.9 Å². The molecule has 0 saturated heterocycles. The highest BCUT2D eigenvalue weighted by molar-refractivity contribution is 5.14. The molecule has 0 N–H and O–H groups in total. The van der Waals surface area contributed by atoms with Gasteiger partial charge in [-0.3, -0.25) is 0 Å². The van der Waals surface area contributed by atoms with Crippen LogP contribution in [0.3, 0.4) is 0 Å². The summed E-state index contributed by atoms with van der Waals surface area (Å²) in [6, 6.07) is -8.54. The Balaban J connectivity index is 6.87. The monoisotopic (exact) mass is 594 g/mol. The quantitative estimate of drug-likeness (QED) is 0.178. The van der Waals surface area contributed by atoms with Crippen LogP contribution in [0.1, 0.15) is 0 Å². The molecule has 0 heterocycles. The molecule has 0 unspecified atom stereocenters. The fourth-order valence-corrected chi connectivity index (χ4v) is 1.58. The first-order valence-electron chi connectivity index (χ1n) is 7.22. The predicted octanol–water partition coefficient (Wildman–Crippen LogP) is 8.09. The maximum atomic E-state index is 13.4. The summed E-state index contributed by atoms with van der Waals surface area (Å²) in [5.74, 6) is -53.0. The molecule has 0 fully saturated rings. The van der Waals surface area contributed by atoms with Gasteiger partial charge in [-0.2, -0.15) is 96.6 Å². The van der Waals surface area contributed by atoms with Crippen molar-refractivity contribution in [2.45, 2.75) is 47.8 Å². The van der Waals surface area contributed by atoms with Gasteiger partial charge in [0.15, 0.2) is 0 Å². The molecule has 0 rings (SSSR count). The van der Waals surface area contributed by atoms with E-state index in [1.807, 2.05) is 0 Å². The minimum atomic E-state index is -9.08. The first-order chi connectivity index (χ1) is 15.4. The molecular formula is C12F22O2. The molecule has 0 aromatic heterocycles. The van der Waals surface area contributed by atoms with Gasteiger partial charge in [-0.1, -0.05) is 0 Å². The van der Waals surface area contributed by atoms with Crippen LogP contribution in [-0.4, -0.2) is 47.8 Å². The van der Waals surface area contributed by atoms with E-state index in [1.165, 1.54) is 0 Å². The van der Waals surface area contributed by atoms with E-state index in [4.69, 9.17) is 0 Å². The third-order valence-corrected chi connectivity index (χ3v) is 3.44. The van der Waals surface area contributed by atoms with E-state index in [0.29, 0.717) is 0 Å². The molecule has 0 aliphatic rings. The summed E-state index contributed by atoms with van der Waals surface area (Å²) in [5, 5.41) is 0. The summed E-state index contributed by atoms with van der Waals surface area (Å²) in [4.78, 5) is 0. The van der Waals surface area contributed by atoms with Gasteiger partial charge in [-0.25, -0.2) is 0 Å². The lowest BCUT2D eigenvalue weighted by Crippen LogP contribution is -2.75. The number of hydrogen-bond acceptors (Lipinski definition) is 2. The summed E-state index contributed by atoms with van der Waals surface area (Å²) in [6.45, 7) is 0. The smallest absolute Gasteiger partial charge is 0.397 e. The number of hydrogen-bond donors (Lipinski definition) is 0. The first-order valence-corrected chi connectivity index (χ1v) is 7.22. The molecule has 0 radical (unpaired) electrons. The van der Waals surface area contributed by atoms with Crippen LogP contribution >= 0.6 is 0 Å². The third-order valence-electron chi connectivity index (χ3n) is 3.44. The van der Waals surface area contributed by atoms with Gasteiger partial charge in [0.25, 0.3) is 0 Å². The van der Waals surface area contributed by atoms with Crippen LogP contribution in [0, 0.1) is 0 Å². The van der Waals surface area contributed by atoms with Crippen LogP contribution in [-0.2, 0) is 9.47 Å². The van der Waals surface area contributed by atoms with Crippen LogP contribution in [0.2, 0.25) is 0 Å². The Morgan fingerprint density at radius 2 is 0.472 bits per heavy atom. The second-order valence-electron chi connectivity index (χ2n) is 5.75. The van der Waals surface area contributed by atoms with Gasteiger partial charge < -0.3 is 9.47 Å². The SMILES string of the molecule is FC(F)=C(F)OC(F)(F)C(F)(F)C(F)(F)C(F)(F)C(F)(F)C(F)(F)C(F)(F)C(F)(F)OC(F)=C(F)F. The molecule has 0 aliphatic carbocycles. The Morgan fingerprint density at radius 3 is 0.639 bits per heavy atom. The van der Waals surface area contributed by atoms with E-state index in [0.717, 1.165) is 0 Å². The number of alkyl halides is 16. The molecule has 0 aromatic carbocycles. The molecule has 0 amide bonds. The fraction of sp³-hybridized carbons (Fsp3) is 0.667. The number of halogens is 22. The summed E-state index contributed by atoms with van der Waals surface area (Å²) < 4.78 is 285. The molecule has 0 saturated carbocycles. The van der Waals surface area contributed by atoms with E-state index < -0.39 is 71.9 Å². The van der Waals surface area contributed by atoms with Gasteiger partial charge in [0.2, 0.25) is 0 Å². The summed E-state index contributed by atoms with van der Waals surface area (Å²) in [6.07, 6.45) is -24.1. The lowest BCUT2D eigenvalue weighted by atomic mass is 9.90. The standard InChI is InChI=1S/C12F22O2/c13-1(14)3(17)35-11(31,32)9(27,28)7(23,24)5(19,20)6(21,22)8(25,26)10(29,30)12(33,34)36-4(18)2(15)16. The van der Waals surface area contributed by atoms with Crippen LogP contribution in [0.25, 0.3) is 0 Å². The maximum absolute atomic E-state index is 13.4. The Hall–Kier alpha value is -2.46. The Kier molecular flexibility index (Phi) is 8.51. The molecule has 0 spiro atoms. The molecule has 0 aliphatic heterocycles. The van der Waals surface area contributed by atoms with Crippen molar-refractivity contribution in [1.82, 2.24) is 0 Å². The van der Waals surface area contributed by atoms with Gasteiger partial charge in [0, 0.05) is 0 Å². The third kappa shape index (κ3) is 4.77. The van der Waals surface area contributed by atoms with Crippen LogP contribution in [0.15, 0.2) is 24.2 Å². The first kappa shape index (κ1) is 33.5. The number of rotatable bonds is 11.